The molecule has 19 heavy (non-hydrogen) atoms. The van der Waals surface area contributed by atoms with Crippen molar-refractivity contribution in [2.75, 3.05) is 0 Å². The standard InChI is InChI=1S/C7H4F10O2/c8-3(9)5(12,13)7(16,17)6(14,15)4(10,11)1-2(18)19/h3H,1H2,(H,18,19). The first kappa shape index (κ1) is 17.8. The molecule has 2 nitrogen and oxygen atoms in total. The molecule has 114 valence electrons. The van der Waals surface area contributed by atoms with E-state index in [0.29, 0.717) is 0 Å². The summed E-state index contributed by atoms with van der Waals surface area (Å²) < 4.78 is 123. The maximum absolute atomic E-state index is 12.6. The first-order valence-electron chi connectivity index (χ1n) is 4.12. The van der Waals surface area contributed by atoms with Gasteiger partial charge in [0.15, 0.2) is 0 Å². The van der Waals surface area contributed by atoms with Crippen LogP contribution < -0.4 is 0 Å². The molecule has 0 saturated heterocycles. The zero-order chi connectivity index (χ0) is 15.9. The van der Waals surface area contributed by atoms with Crippen LogP contribution in [0.25, 0.3) is 0 Å². The van der Waals surface area contributed by atoms with Gasteiger partial charge in [0.1, 0.15) is 6.42 Å². The SMILES string of the molecule is O=C(O)CC(F)(F)C(F)(F)C(F)(F)C(F)(F)C(F)F. The summed E-state index contributed by atoms with van der Waals surface area (Å²) in [7, 11) is 0. The Balaban J connectivity index is 5.69. The van der Waals surface area contributed by atoms with Gasteiger partial charge in [0.25, 0.3) is 0 Å². The molecule has 0 bridgehead atoms. The molecule has 0 spiro atoms. The molecular formula is C7H4F10O2. The van der Waals surface area contributed by atoms with Gasteiger partial charge in [0, 0.05) is 0 Å². The van der Waals surface area contributed by atoms with Gasteiger partial charge < -0.3 is 5.11 Å². The summed E-state index contributed by atoms with van der Waals surface area (Å²) in [6.07, 6.45) is -8.29. The normalized spacial score (nSPS) is 14.9. The van der Waals surface area contributed by atoms with Crippen molar-refractivity contribution in [3.05, 3.63) is 0 Å². The van der Waals surface area contributed by atoms with Crippen LogP contribution in [0.5, 0.6) is 0 Å². The van der Waals surface area contributed by atoms with E-state index >= 15 is 0 Å². The number of rotatable bonds is 6. The summed E-state index contributed by atoms with van der Waals surface area (Å²) in [5.41, 5.74) is 0. The Morgan fingerprint density at radius 2 is 1.26 bits per heavy atom. The Morgan fingerprint density at radius 1 is 0.895 bits per heavy atom. The molecule has 12 heteroatoms. The quantitative estimate of drug-likeness (QED) is 0.765. The largest absolute Gasteiger partial charge is 0.481 e. The Bertz CT molecular complexity index is 350. The van der Waals surface area contributed by atoms with Gasteiger partial charge in [0.05, 0.1) is 0 Å². The maximum Gasteiger partial charge on any atom is 0.384 e. The van der Waals surface area contributed by atoms with E-state index in [4.69, 9.17) is 5.11 Å². The summed E-state index contributed by atoms with van der Waals surface area (Å²) in [6, 6.07) is 0. The maximum atomic E-state index is 12.6. The van der Waals surface area contributed by atoms with Crippen LogP contribution in [0.4, 0.5) is 43.9 Å². The summed E-state index contributed by atoms with van der Waals surface area (Å²) in [5, 5.41) is 7.80. The first-order valence-corrected chi connectivity index (χ1v) is 4.12. The van der Waals surface area contributed by atoms with Gasteiger partial charge in [0.2, 0.25) is 0 Å². The summed E-state index contributed by atoms with van der Waals surface area (Å²) in [6.45, 7) is 0. The number of hydrogen-bond donors (Lipinski definition) is 1. The van der Waals surface area contributed by atoms with Crippen molar-refractivity contribution in [1.29, 1.82) is 0 Å². The van der Waals surface area contributed by atoms with Crippen LogP contribution in [0, 0.1) is 0 Å². The molecule has 0 aromatic carbocycles. The van der Waals surface area contributed by atoms with Crippen molar-refractivity contribution in [2.24, 2.45) is 0 Å². The van der Waals surface area contributed by atoms with E-state index in [1.165, 1.54) is 0 Å². The first-order chi connectivity index (χ1) is 8.11. The highest BCUT2D eigenvalue weighted by Crippen LogP contribution is 2.55. The van der Waals surface area contributed by atoms with Crippen molar-refractivity contribution in [3.8, 4) is 0 Å². The molecule has 0 saturated carbocycles. The molecule has 1 N–H and O–H groups in total. The fraction of sp³-hybridized carbons (Fsp3) is 0.857. The van der Waals surface area contributed by atoms with Crippen LogP contribution in [0.2, 0.25) is 0 Å². The summed E-state index contributed by atoms with van der Waals surface area (Å²) >= 11 is 0. The fourth-order valence-electron chi connectivity index (χ4n) is 0.877. The third-order valence-electron chi connectivity index (χ3n) is 1.92. The molecule has 0 heterocycles. The van der Waals surface area contributed by atoms with E-state index in [0.717, 1.165) is 0 Å². The zero-order valence-electron chi connectivity index (χ0n) is 8.42. The van der Waals surface area contributed by atoms with Gasteiger partial charge in [-0.2, -0.15) is 35.1 Å². The number of aliphatic carboxylic acids is 1. The van der Waals surface area contributed by atoms with Crippen molar-refractivity contribution in [3.63, 3.8) is 0 Å². The van der Waals surface area contributed by atoms with Crippen molar-refractivity contribution >= 4 is 5.97 Å². The van der Waals surface area contributed by atoms with E-state index in [1.54, 1.807) is 0 Å². The Morgan fingerprint density at radius 3 is 1.53 bits per heavy atom. The lowest BCUT2D eigenvalue weighted by molar-refractivity contribution is -0.383. The molecule has 0 aromatic heterocycles. The second-order valence-electron chi connectivity index (χ2n) is 3.35. The van der Waals surface area contributed by atoms with Crippen molar-refractivity contribution in [1.82, 2.24) is 0 Å². The highest BCUT2D eigenvalue weighted by molar-refractivity contribution is 5.68. The smallest absolute Gasteiger partial charge is 0.384 e. The topological polar surface area (TPSA) is 37.3 Å². The van der Waals surface area contributed by atoms with Gasteiger partial charge in [-0.25, -0.2) is 8.78 Å². The summed E-state index contributed by atoms with van der Waals surface area (Å²) in [4.78, 5) is 9.78. The Hall–Kier alpha value is -1.23. The van der Waals surface area contributed by atoms with Crippen molar-refractivity contribution in [2.45, 2.75) is 36.5 Å². The molecule has 0 rings (SSSR count). The van der Waals surface area contributed by atoms with E-state index in [-0.39, 0.29) is 0 Å². The molecule has 0 amide bonds. The minimum atomic E-state index is -7.15. The van der Waals surface area contributed by atoms with Gasteiger partial charge in [-0.1, -0.05) is 0 Å². The minimum absolute atomic E-state index is 2.71. The number of carbonyl (C=O) groups is 1. The average molecular weight is 310 g/mol. The molecular weight excluding hydrogens is 306 g/mol. The second-order valence-corrected chi connectivity index (χ2v) is 3.35. The predicted molar refractivity (Wildman–Crippen MR) is 38.0 cm³/mol. The van der Waals surface area contributed by atoms with Crippen LogP contribution in [0.3, 0.4) is 0 Å². The van der Waals surface area contributed by atoms with Crippen LogP contribution in [0.1, 0.15) is 6.42 Å². The number of halogens is 10. The summed E-state index contributed by atoms with van der Waals surface area (Å²) in [5.74, 6) is -29.8. The predicted octanol–water partition coefficient (Wildman–Crippen LogP) is 3.27. The van der Waals surface area contributed by atoms with Gasteiger partial charge in [-0.05, 0) is 0 Å². The van der Waals surface area contributed by atoms with E-state index in [9.17, 15) is 48.7 Å². The molecule has 0 atom stereocenters. The van der Waals surface area contributed by atoms with Gasteiger partial charge in [-0.3, -0.25) is 4.79 Å². The van der Waals surface area contributed by atoms with Gasteiger partial charge >= 0.3 is 36.1 Å². The van der Waals surface area contributed by atoms with Crippen LogP contribution in [-0.4, -0.2) is 41.2 Å². The van der Waals surface area contributed by atoms with Crippen LogP contribution in [0.15, 0.2) is 0 Å². The molecule has 0 aromatic rings. The lowest BCUT2D eigenvalue weighted by Crippen LogP contribution is -2.64. The number of hydrogen-bond acceptors (Lipinski definition) is 1. The lowest BCUT2D eigenvalue weighted by atomic mass is 9.97. The van der Waals surface area contributed by atoms with Crippen LogP contribution in [-0.2, 0) is 4.79 Å². The Kier molecular flexibility index (Phi) is 4.40. The number of carboxylic acid groups (broad SMARTS) is 1. The molecule has 0 aliphatic carbocycles. The van der Waals surface area contributed by atoms with Gasteiger partial charge in [-0.15, -0.1) is 0 Å². The number of alkyl halides is 10. The Labute approximate surface area is 97.5 Å². The second kappa shape index (κ2) is 4.71. The molecule has 0 aliphatic heterocycles. The molecule has 0 radical (unpaired) electrons. The third kappa shape index (κ3) is 2.71. The average Bonchev–Trinajstić information content (AvgIpc) is 2.14. The monoisotopic (exact) mass is 310 g/mol. The van der Waals surface area contributed by atoms with E-state index < -0.39 is 42.5 Å². The fourth-order valence-corrected chi connectivity index (χ4v) is 0.877. The molecule has 0 aliphatic rings. The highest BCUT2D eigenvalue weighted by atomic mass is 19.4. The van der Waals surface area contributed by atoms with E-state index in [2.05, 4.69) is 0 Å². The minimum Gasteiger partial charge on any atom is -0.481 e. The van der Waals surface area contributed by atoms with Crippen LogP contribution >= 0.6 is 0 Å². The molecule has 0 fully saturated rings. The van der Waals surface area contributed by atoms with E-state index in [1.807, 2.05) is 0 Å². The molecule has 0 unspecified atom stereocenters. The van der Waals surface area contributed by atoms with Crippen molar-refractivity contribution < 1.29 is 53.8 Å². The third-order valence-corrected chi connectivity index (χ3v) is 1.92. The highest BCUT2D eigenvalue weighted by Gasteiger charge is 2.82. The zero-order valence-corrected chi connectivity index (χ0v) is 8.42. The number of carboxylic acids is 1. The lowest BCUT2D eigenvalue weighted by Gasteiger charge is -2.35.